The Kier molecular flexibility index (Phi) is 5.38. The molecule has 1 atom stereocenters. The lowest BCUT2D eigenvalue weighted by Gasteiger charge is -2.11. The predicted molar refractivity (Wildman–Crippen MR) is 80.6 cm³/mol. The summed E-state index contributed by atoms with van der Waals surface area (Å²) >= 11 is 7.14. The molecule has 0 aliphatic carbocycles. The van der Waals surface area contributed by atoms with Crippen LogP contribution >= 0.6 is 23.4 Å². The normalized spacial score (nSPS) is 11.9. The maximum absolute atomic E-state index is 12.0. The van der Waals surface area contributed by atoms with E-state index in [0.29, 0.717) is 16.7 Å². The van der Waals surface area contributed by atoms with Crippen molar-refractivity contribution in [2.24, 2.45) is 0 Å². The first-order chi connectivity index (χ1) is 9.65. The van der Waals surface area contributed by atoms with E-state index in [0.717, 1.165) is 5.56 Å². The van der Waals surface area contributed by atoms with Crippen molar-refractivity contribution < 1.29 is 4.79 Å². The molecule has 0 bridgehead atoms. The SMILES string of the molecule is CC(Sc1ncccn1)C(=O)NCc1ccc(Cl)cc1. The number of amides is 1. The Balaban J connectivity index is 1.83. The molecule has 0 fully saturated rings. The number of benzene rings is 1. The number of carbonyl (C=O) groups is 1. The summed E-state index contributed by atoms with van der Waals surface area (Å²) in [6.07, 6.45) is 3.32. The molecule has 20 heavy (non-hydrogen) atoms. The number of halogens is 1. The summed E-state index contributed by atoms with van der Waals surface area (Å²) in [6.45, 7) is 2.31. The van der Waals surface area contributed by atoms with Crippen LogP contribution in [0.1, 0.15) is 12.5 Å². The number of hydrogen-bond donors (Lipinski definition) is 1. The molecule has 1 N–H and O–H groups in total. The second-order valence-electron chi connectivity index (χ2n) is 4.14. The molecule has 0 aliphatic heterocycles. The van der Waals surface area contributed by atoms with Crippen LogP contribution in [0.25, 0.3) is 0 Å². The monoisotopic (exact) mass is 307 g/mol. The molecule has 0 radical (unpaired) electrons. The minimum absolute atomic E-state index is 0.0441. The summed E-state index contributed by atoms with van der Waals surface area (Å²) in [6, 6.07) is 9.13. The van der Waals surface area contributed by atoms with Gasteiger partial charge in [0.2, 0.25) is 5.91 Å². The fourth-order valence-electron chi connectivity index (χ4n) is 1.49. The van der Waals surface area contributed by atoms with Gasteiger partial charge in [0, 0.05) is 24.0 Å². The van der Waals surface area contributed by atoms with Gasteiger partial charge in [-0.25, -0.2) is 9.97 Å². The Morgan fingerprint density at radius 2 is 1.95 bits per heavy atom. The van der Waals surface area contributed by atoms with Crippen molar-refractivity contribution in [2.45, 2.75) is 23.9 Å². The molecule has 0 saturated carbocycles. The summed E-state index contributed by atoms with van der Waals surface area (Å²) < 4.78 is 0. The summed E-state index contributed by atoms with van der Waals surface area (Å²) in [5.41, 5.74) is 1.01. The van der Waals surface area contributed by atoms with Crippen molar-refractivity contribution in [3.8, 4) is 0 Å². The van der Waals surface area contributed by atoms with Gasteiger partial charge in [0.25, 0.3) is 0 Å². The van der Waals surface area contributed by atoms with Crippen LogP contribution in [0.3, 0.4) is 0 Å². The van der Waals surface area contributed by atoms with Crippen molar-refractivity contribution in [1.82, 2.24) is 15.3 Å². The topological polar surface area (TPSA) is 54.9 Å². The number of nitrogens with zero attached hydrogens (tertiary/aromatic N) is 2. The molecule has 0 spiro atoms. The highest BCUT2D eigenvalue weighted by Crippen LogP contribution is 2.18. The second-order valence-corrected chi connectivity index (χ2v) is 5.88. The van der Waals surface area contributed by atoms with Crippen LogP contribution in [0.2, 0.25) is 5.02 Å². The van der Waals surface area contributed by atoms with Gasteiger partial charge < -0.3 is 5.32 Å². The lowest BCUT2D eigenvalue weighted by molar-refractivity contribution is -0.120. The largest absolute Gasteiger partial charge is 0.351 e. The van der Waals surface area contributed by atoms with Crippen molar-refractivity contribution >= 4 is 29.3 Å². The van der Waals surface area contributed by atoms with E-state index in [1.165, 1.54) is 11.8 Å². The molecule has 0 aliphatic rings. The summed E-state index contributed by atoms with van der Waals surface area (Å²) in [7, 11) is 0. The molecule has 6 heteroatoms. The Morgan fingerprint density at radius 3 is 2.60 bits per heavy atom. The van der Waals surface area contributed by atoms with Crippen molar-refractivity contribution in [1.29, 1.82) is 0 Å². The Morgan fingerprint density at radius 1 is 1.30 bits per heavy atom. The lowest BCUT2D eigenvalue weighted by Crippen LogP contribution is -2.30. The van der Waals surface area contributed by atoms with Gasteiger partial charge in [-0.1, -0.05) is 35.5 Å². The van der Waals surface area contributed by atoms with Crippen LogP contribution in [0.4, 0.5) is 0 Å². The van der Waals surface area contributed by atoms with Crippen molar-refractivity contribution in [3.05, 3.63) is 53.3 Å². The minimum Gasteiger partial charge on any atom is -0.351 e. The number of hydrogen-bond acceptors (Lipinski definition) is 4. The van der Waals surface area contributed by atoms with E-state index in [1.807, 2.05) is 19.1 Å². The van der Waals surface area contributed by atoms with E-state index in [9.17, 15) is 4.79 Å². The van der Waals surface area contributed by atoms with Gasteiger partial charge in [-0.05, 0) is 30.7 Å². The molecule has 2 rings (SSSR count). The third-order valence-electron chi connectivity index (χ3n) is 2.57. The average Bonchev–Trinajstić information content (AvgIpc) is 2.47. The van der Waals surface area contributed by atoms with Crippen LogP contribution < -0.4 is 5.32 Å². The molecule has 104 valence electrons. The third-order valence-corrected chi connectivity index (χ3v) is 3.81. The van der Waals surface area contributed by atoms with Gasteiger partial charge >= 0.3 is 0 Å². The van der Waals surface area contributed by atoms with Crippen LogP contribution in [0.15, 0.2) is 47.9 Å². The first kappa shape index (κ1) is 14.8. The summed E-state index contributed by atoms with van der Waals surface area (Å²) in [4.78, 5) is 20.1. The van der Waals surface area contributed by atoms with Gasteiger partial charge in [-0.15, -0.1) is 0 Å². The maximum atomic E-state index is 12.0. The Labute approximate surface area is 127 Å². The molecular formula is C14H14ClN3OS. The van der Waals surface area contributed by atoms with Crippen LogP contribution in [-0.4, -0.2) is 21.1 Å². The van der Waals surface area contributed by atoms with Gasteiger partial charge in [0.1, 0.15) is 0 Å². The van der Waals surface area contributed by atoms with Crippen molar-refractivity contribution in [2.75, 3.05) is 0 Å². The number of nitrogens with one attached hydrogen (secondary N) is 1. The molecule has 1 unspecified atom stereocenters. The zero-order valence-corrected chi connectivity index (χ0v) is 12.5. The average molecular weight is 308 g/mol. The van der Waals surface area contributed by atoms with Gasteiger partial charge in [-0.2, -0.15) is 0 Å². The van der Waals surface area contributed by atoms with E-state index in [2.05, 4.69) is 15.3 Å². The molecule has 4 nitrogen and oxygen atoms in total. The van der Waals surface area contributed by atoms with E-state index >= 15 is 0 Å². The number of thioether (sulfide) groups is 1. The van der Waals surface area contributed by atoms with Gasteiger partial charge in [0.15, 0.2) is 5.16 Å². The standard InChI is InChI=1S/C14H14ClN3OS/c1-10(20-14-16-7-2-8-17-14)13(19)18-9-11-3-5-12(15)6-4-11/h2-8,10H,9H2,1H3,(H,18,19). The molecule has 2 aromatic rings. The zero-order valence-electron chi connectivity index (χ0n) is 10.9. The molecule has 1 aromatic heterocycles. The fraction of sp³-hybridized carbons (Fsp3) is 0.214. The predicted octanol–water partition coefficient (Wildman–Crippen LogP) is 2.93. The summed E-state index contributed by atoms with van der Waals surface area (Å²) in [5.74, 6) is -0.0441. The van der Waals surface area contributed by atoms with E-state index < -0.39 is 0 Å². The Bertz CT molecular complexity index is 562. The van der Waals surface area contributed by atoms with Crippen LogP contribution in [-0.2, 0) is 11.3 Å². The highest BCUT2D eigenvalue weighted by Gasteiger charge is 2.15. The van der Waals surface area contributed by atoms with Gasteiger partial charge in [0.05, 0.1) is 5.25 Å². The minimum atomic E-state index is -0.246. The molecule has 1 amide bonds. The smallest absolute Gasteiger partial charge is 0.233 e. The maximum Gasteiger partial charge on any atom is 0.233 e. The zero-order chi connectivity index (χ0) is 14.4. The van der Waals surface area contributed by atoms with Crippen LogP contribution in [0, 0.1) is 0 Å². The first-order valence-electron chi connectivity index (χ1n) is 6.11. The highest BCUT2D eigenvalue weighted by atomic mass is 35.5. The quantitative estimate of drug-likeness (QED) is 0.681. The first-order valence-corrected chi connectivity index (χ1v) is 7.37. The fourth-order valence-corrected chi connectivity index (χ4v) is 2.37. The van der Waals surface area contributed by atoms with Crippen molar-refractivity contribution in [3.63, 3.8) is 0 Å². The molecule has 0 saturated heterocycles. The number of rotatable bonds is 5. The summed E-state index contributed by atoms with van der Waals surface area (Å²) in [5, 5.41) is 3.92. The number of carbonyl (C=O) groups excluding carboxylic acids is 1. The molecule has 1 heterocycles. The second kappa shape index (κ2) is 7.26. The highest BCUT2D eigenvalue weighted by molar-refractivity contribution is 8.00. The Hall–Kier alpha value is -1.59. The van der Waals surface area contributed by atoms with E-state index in [1.54, 1.807) is 30.6 Å². The van der Waals surface area contributed by atoms with Gasteiger partial charge in [-0.3, -0.25) is 4.79 Å². The van der Waals surface area contributed by atoms with Crippen LogP contribution in [0.5, 0.6) is 0 Å². The third kappa shape index (κ3) is 4.51. The number of aromatic nitrogens is 2. The lowest BCUT2D eigenvalue weighted by atomic mass is 10.2. The molecule has 1 aromatic carbocycles. The van der Waals surface area contributed by atoms with E-state index in [-0.39, 0.29) is 11.2 Å². The van der Waals surface area contributed by atoms with E-state index in [4.69, 9.17) is 11.6 Å². The molecular weight excluding hydrogens is 294 g/mol.